The molecule has 0 saturated carbocycles. The molecule has 0 bridgehead atoms. The maximum atomic E-state index is 12.0. The average Bonchev–Trinajstić information content (AvgIpc) is 2.48. The summed E-state index contributed by atoms with van der Waals surface area (Å²) in [5, 5.41) is 8.82. The molecule has 1 atom stereocenters. The third kappa shape index (κ3) is 2.50. The molecule has 0 aromatic heterocycles. The highest BCUT2D eigenvalue weighted by atomic mass is 16.5. The first-order valence-electron chi connectivity index (χ1n) is 6.59. The SMILES string of the molecule is CCCN1C(=O)COc2ccc(C(=O)C(C)C#N)cc21. The van der Waals surface area contributed by atoms with Crippen LogP contribution in [-0.4, -0.2) is 24.8 Å². The van der Waals surface area contributed by atoms with Gasteiger partial charge in [-0.3, -0.25) is 9.59 Å². The van der Waals surface area contributed by atoms with Crippen LogP contribution < -0.4 is 9.64 Å². The minimum Gasteiger partial charge on any atom is -0.482 e. The van der Waals surface area contributed by atoms with Crippen molar-refractivity contribution in [1.29, 1.82) is 5.26 Å². The third-order valence-corrected chi connectivity index (χ3v) is 3.22. The van der Waals surface area contributed by atoms with Crippen LogP contribution in [0.15, 0.2) is 18.2 Å². The molecule has 0 saturated heterocycles. The number of ketones is 1. The van der Waals surface area contributed by atoms with Gasteiger partial charge in [0.2, 0.25) is 0 Å². The van der Waals surface area contributed by atoms with Crippen molar-refractivity contribution in [1.82, 2.24) is 0 Å². The molecule has 5 nitrogen and oxygen atoms in total. The summed E-state index contributed by atoms with van der Waals surface area (Å²) in [4.78, 5) is 25.6. The summed E-state index contributed by atoms with van der Waals surface area (Å²) in [6, 6.07) is 6.88. The normalized spacial score (nSPS) is 15.1. The van der Waals surface area contributed by atoms with Gasteiger partial charge in [-0.1, -0.05) is 6.92 Å². The second-order valence-electron chi connectivity index (χ2n) is 4.73. The predicted molar refractivity (Wildman–Crippen MR) is 73.7 cm³/mol. The van der Waals surface area contributed by atoms with Gasteiger partial charge in [0, 0.05) is 12.1 Å². The summed E-state index contributed by atoms with van der Waals surface area (Å²) in [5.74, 6) is -0.464. The van der Waals surface area contributed by atoms with E-state index >= 15 is 0 Å². The van der Waals surface area contributed by atoms with E-state index in [1.54, 1.807) is 30.0 Å². The fraction of sp³-hybridized carbons (Fsp3) is 0.400. The van der Waals surface area contributed by atoms with Crippen molar-refractivity contribution in [2.75, 3.05) is 18.1 Å². The standard InChI is InChI=1S/C15H16N2O3/c1-3-6-17-12-7-11(15(19)10(2)8-16)4-5-13(12)20-9-14(17)18/h4-5,7,10H,3,6,9H2,1-2H3. The number of hydrogen-bond acceptors (Lipinski definition) is 4. The Hall–Kier alpha value is -2.35. The summed E-state index contributed by atoms with van der Waals surface area (Å²) >= 11 is 0. The minimum absolute atomic E-state index is 0.0227. The first kappa shape index (κ1) is 14.1. The number of rotatable bonds is 4. The Labute approximate surface area is 117 Å². The summed E-state index contributed by atoms with van der Waals surface area (Å²) in [7, 11) is 0. The molecular formula is C15H16N2O3. The summed E-state index contributed by atoms with van der Waals surface area (Å²) < 4.78 is 5.37. The van der Waals surface area contributed by atoms with E-state index in [1.165, 1.54) is 0 Å². The van der Waals surface area contributed by atoms with Crippen molar-refractivity contribution >= 4 is 17.4 Å². The number of Topliss-reactive ketones (excluding diaryl/α,β-unsaturated/α-hetero) is 1. The van der Waals surface area contributed by atoms with Crippen molar-refractivity contribution in [3.63, 3.8) is 0 Å². The number of amides is 1. The number of fused-ring (bicyclic) bond motifs is 1. The number of ether oxygens (including phenoxy) is 1. The Morgan fingerprint density at radius 2 is 2.30 bits per heavy atom. The molecule has 0 radical (unpaired) electrons. The van der Waals surface area contributed by atoms with Crippen LogP contribution in [0, 0.1) is 17.2 Å². The van der Waals surface area contributed by atoms with E-state index in [0.717, 1.165) is 6.42 Å². The molecule has 1 amide bonds. The van der Waals surface area contributed by atoms with Crippen molar-refractivity contribution in [2.24, 2.45) is 5.92 Å². The third-order valence-electron chi connectivity index (χ3n) is 3.22. The second kappa shape index (κ2) is 5.74. The Balaban J connectivity index is 2.41. The van der Waals surface area contributed by atoms with Crippen LogP contribution in [0.2, 0.25) is 0 Å². The summed E-state index contributed by atoms with van der Waals surface area (Å²) in [5.41, 5.74) is 1.04. The smallest absolute Gasteiger partial charge is 0.265 e. The quantitative estimate of drug-likeness (QED) is 0.787. The van der Waals surface area contributed by atoms with E-state index in [-0.39, 0.29) is 18.3 Å². The van der Waals surface area contributed by atoms with Crippen LogP contribution in [0.4, 0.5) is 5.69 Å². The zero-order chi connectivity index (χ0) is 14.7. The van der Waals surface area contributed by atoms with Crippen LogP contribution in [0.25, 0.3) is 0 Å². The molecule has 5 heteroatoms. The Morgan fingerprint density at radius 3 is 2.95 bits per heavy atom. The number of hydrogen-bond donors (Lipinski definition) is 0. The topological polar surface area (TPSA) is 70.4 Å². The molecule has 1 heterocycles. The van der Waals surface area contributed by atoms with E-state index in [1.807, 2.05) is 13.0 Å². The van der Waals surface area contributed by atoms with Crippen LogP contribution in [-0.2, 0) is 4.79 Å². The molecule has 1 unspecified atom stereocenters. The predicted octanol–water partition coefficient (Wildman–Crippen LogP) is 2.16. The van der Waals surface area contributed by atoms with E-state index < -0.39 is 5.92 Å². The van der Waals surface area contributed by atoms with Crippen molar-refractivity contribution in [3.8, 4) is 11.8 Å². The minimum atomic E-state index is -0.701. The van der Waals surface area contributed by atoms with Crippen molar-refractivity contribution in [3.05, 3.63) is 23.8 Å². The highest BCUT2D eigenvalue weighted by molar-refractivity contribution is 6.03. The van der Waals surface area contributed by atoms with Crippen molar-refractivity contribution < 1.29 is 14.3 Å². The molecule has 104 valence electrons. The number of benzene rings is 1. The van der Waals surface area contributed by atoms with Gasteiger partial charge in [0.25, 0.3) is 5.91 Å². The number of carbonyl (C=O) groups excluding carboxylic acids is 2. The van der Waals surface area contributed by atoms with Crippen LogP contribution in [0.5, 0.6) is 5.75 Å². The lowest BCUT2D eigenvalue weighted by molar-refractivity contribution is -0.121. The fourth-order valence-corrected chi connectivity index (χ4v) is 2.13. The number of nitrogens with zero attached hydrogens (tertiary/aromatic N) is 2. The summed E-state index contributed by atoms with van der Waals surface area (Å²) in [6.07, 6.45) is 0.817. The molecule has 0 aliphatic carbocycles. The summed E-state index contributed by atoms with van der Waals surface area (Å²) in [6.45, 7) is 4.15. The van der Waals surface area contributed by atoms with Gasteiger partial charge in [0.1, 0.15) is 11.7 Å². The average molecular weight is 272 g/mol. The lowest BCUT2D eigenvalue weighted by atomic mass is 9.99. The van der Waals surface area contributed by atoms with Gasteiger partial charge >= 0.3 is 0 Å². The van der Waals surface area contributed by atoms with Gasteiger partial charge in [0.05, 0.1) is 11.8 Å². The number of carbonyl (C=O) groups is 2. The Kier molecular flexibility index (Phi) is 4.04. The van der Waals surface area contributed by atoms with Gasteiger partial charge in [0.15, 0.2) is 12.4 Å². The second-order valence-corrected chi connectivity index (χ2v) is 4.73. The van der Waals surface area contributed by atoms with Gasteiger partial charge in [-0.2, -0.15) is 5.26 Å². The van der Waals surface area contributed by atoms with Crippen LogP contribution in [0.3, 0.4) is 0 Å². The first-order chi connectivity index (χ1) is 9.58. The molecule has 1 aromatic rings. The maximum Gasteiger partial charge on any atom is 0.265 e. The van der Waals surface area contributed by atoms with Gasteiger partial charge in [-0.25, -0.2) is 0 Å². The van der Waals surface area contributed by atoms with E-state index in [2.05, 4.69) is 0 Å². The zero-order valence-electron chi connectivity index (χ0n) is 11.5. The highest BCUT2D eigenvalue weighted by Gasteiger charge is 2.26. The lowest BCUT2D eigenvalue weighted by Crippen LogP contribution is -2.39. The Bertz CT molecular complexity index is 589. The molecule has 0 fully saturated rings. The lowest BCUT2D eigenvalue weighted by Gasteiger charge is -2.29. The molecule has 1 aromatic carbocycles. The van der Waals surface area contributed by atoms with E-state index in [0.29, 0.717) is 23.5 Å². The number of nitriles is 1. The monoisotopic (exact) mass is 272 g/mol. The maximum absolute atomic E-state index is 12.0. The molecule has 20 heavy (non-hydrogen) atoms. The molecule has 2 rings (SSSR count). The Morgan fingerprint density at radius 1 is 1.55 bits per heavy atom. The first-order valence-corrected chi connectivity index (χ1v) is 6.59. The van der Waals surface area contributed by atoms with Gasteiger partial charge in [-0.05, 0) is 31.5 Å². The zero-order valence-corrected chi connectivity index (χ0v) is 11.5. The van der Waals surface area contributed by atoms with E-state index in [9.17, 15) is 9.59 Å². The largest absolute Gasteiger partial charge is 0.482 e. The number of anilines is 1. The fourth-order valence-electron chi connectivity index (χ4n) is 2.13. The van der Waals surface area contributed by atoms with E-state index in [4.69, 9.17) is 10.00 Å². The molecular weight excluding hydrogens is 256 g/mol. The van der Waals surface area contributed by atoms with Gasteiger partial charge in [-0.15, -0.1) is 0 Å². The van der Waals surface area contributed by atoms with Crippen LogP contribution in [0.1, 0.15) is 30.6 Å². The van der Waals surface area contributed by atoms with Crippen LogP contribution >= 0.6 is 0 Å². The van der Waals surface area contributed by atoms with Gasteiger partial charge < -0.3 is 9.64 Å². The molecule has 1 aliphatic rings. The molecule has 0 spiro atoms. The highest BCUT2D eigenvalue weighted by Crippen LogP contribution is 2.33. The molecule has 1 aliphatic heterocycles. The molecule has 0 N–H and O–H groups in total. The van der Waals surface area contributed by atoms with Crippen molar-refractivity contribution in [2.45, 2.75) is 20.3 Å².